The molecule has 51 heavy (non-hydrogen) atoms. The van der Waals surface area contributed by atoms with Crippen LogP contribution in [0.25, 0.3) is 11.1 Å². The minimum atomic E-state index is -0.921. The number of carbonyl (C=O) groups is 3. The predicted octanol–water partition coefficient (Wildman–Crippen LogP) is 8.80. The average Bonchev–Trinajstić information content (AvgIpc) is 3.63. The minimum absolute atomic E-state index is 0.0358. The molecule has 3 unspecified atom stereocenters. The molecular formula is C42H46ClFN4O3. The summed E-state index contributed by atoms with van der Waals surface area (Å²) in [6.07, 6.45) is 7.08. The first kappa shape index (κ1) is 36.1. The molecule has 0 spiro atoms. The molecule has 3 amide bonds. The molecule has 4 aromatic rings. The lowest BCUT2D eigenvalue weighted by molar-refractivity contribution is -0.136. The third-order valence-corrected chi connectivity index (χ3v) is 10.7. The molecule has 2 aliphatic rings. The third-order valence-electron chi connectivity index (χ3n) is 10.4. The van der Waals surface area contributed by atoms with E-state index in [1.165, 1.54) is 6.07 Å². The Morgan fingerprint density at radius 1 is 0.902 bits per heavy atom. The van der Waals surface area contributed by atoms with Crippen molar-refractivity contribution in [3.63, 3.8) is 0 Å². The Kier molecular flexibility index (Phi) is 11.7. The summed E-state index contributed by atoms with van der Waals surface area (Å²) < 4.78 is 14.0. The van der Waals surface area contributed by atoms with Gasteiger partial charge in [0.15, 0.2) is 0 Å². The number of unbranched alkanes of at least 4 members (excludes halogenated alkanes) is 1. The van der Waals surface area contributed by atoms with Gasteiger partial charge in [0.05, 0.1) is 29.5 Å². The van der Waals surface area contributed by atoms with E-state index in [-0.39, 0.29) is 29.9 Å². The smallest absolute Gasteiger partial charge is 0.251 e. The molecule has 9 heteroatoms. The summed E-state index contributed by atoms with van der Waals surface area (Å²) in [4.78, 5) is 46.0. The van der Waals surface area contributed by atoms with Crippen LogP contribution in [0.15, 0.2) is 97.1 Å². The second kappa shape index (κ2) is 16.6. The number of fused-ring (bicyclic) bond motifs is 1. The maximum Gasteiger partial charge on any atom is 0.251 e. The Morgan fingerprint density at radius 3 is 2.31 bits per heavy atom. The first-order valence-electron chi connectivity index (χ1n) is 18.1. The van der Waals surface area contributed by atoms with Crippen LogP contribution in [0.5, 0.6) is 0 Å². The van der Waals surface area contributed by atoms with Gasteiger partial charge in [-0.25, -0.2) is 4.39 Å². The second-order valence-electron chi connectivity index (χ2n) is 13.9. The van der Waals surface area contributed by atoms with Gasteiger partial charge in [0.1, 0.15) is 11.9 Å². The van der Waals surface area contributed by atoms with Crippen molar-refractivity contribution in [1.29, 1.82) is 0 Å². The van der Waals surface area contributed by atoms with E-state index in [1.54, 1.807) is 17.0 Å². The van der Waals surface area contributed by atoms with Gasteiger partial charge in [-0.1, -0.05) is 112 Å². The number of carbonyl (C=O) groups excluding carboxylic acids is 3. The number of nitrogens with one attached hydrogen (secondary N) is 1. The highest BCUT2D eigenvalue weighted by molar-refractivity contribution is 6.31. The molecule has 4 aromatic carbocycles. The third kappa shape index (κ3) is 8.45. The van der Waals surface area contributed by atoms with Gasteiger partial charge in [-0.15, -0.1) is 0 Å². The largest absolute Gasteiger partial charge is 0.369 e. The molecule has 0 aromatic heterocycles. The predicted molar refractivity (Wildman–Crippen MR) is 202 cm³/mol. The van der Waals surface area contributed by atoms with Gasteiger partial charge in [-0.2, -0.15) is 0 Å². The fourth-order valence-corrected chi connectivity index (χ4v) is 7.90. The van der Waals surface area contributed by atoms with Crippen molar-refractivity contribution in [3.05, 3.63) is 113 Å². The monoisotopic (exact) mass is 708 g/mol. The number of benzene rings is 4. The zero-order valence-corrected chi connectivity index (χ0v) is 29.8. The lowest BCUT2D eigenvalue weighted by Crippen LogP contribution is -2.54. The SMILES string of the molecule is CCCCC(C(N)=O)C(CC1CCCC1)C(=O)NC1CN(c2ccccc2)c2ccccc2N(Cc2cccc(-c3ccc(F)c(Cl)c3)c2)C1=O. The van der Waals surface area contributed by atoms with E-state index in [4.69, 9.17) is 17.3 Å². The number of nitrogens with two attached hydrogens (primary N) is 1. The van der Waals surface area contributed by atoms with E-state index in [0.717, 1.165) is 66.6 Å². The average molecular weight is 709 g/mol. The number of primary amides is 1. The van der Waals surface area contributed by atoms with Crippen molar-refractivity contribution in [3.8, 4) is 11.1 Å². The zero-order valence-electron chi connectivity index (χ0n) is 29.1. The lowest BCUT2D eigenvalue weighted by Gasteiger charge is -2.30. The van der Waals surface area contributed by atoms with Gasteiger partial charge < -0.3 is 20.9 Å². The molecule has 6 rings (SSSR count). The molecule has 3 atom stereocenters. The van der Waals surface area contributed by atoms with Gasteiger partial charge in [-0.05, 0) is 77.9 Å². The van der Waals surface area contributed by atoms with Crippen molar-refractivity contribution in [2.75, 3.05) is 16.3 Å². The Labute approximate surface area is 305 Å². The van der Waals surface area contributed by atoms with Crippen molar-refractivity contribution in [1.82, 2.24) is 5.32 Å². The fraction of sp³-hybridized carbons (Fsp3) is 0.357. The van der Waals surface area contributed by atoms with Crippen molar-refractivity contribution >= 4 is 46.4 Å². The minimum Gasteiger partial charge on any atom is -0.369 e. The summed E-state index contributed by atoms with van der Waals surface area (Å²) in [5, 5.41) is 3.20. The van der Waals surface area contributed by atoms with Gasteiger partial charge in [0.25, 0.3) is 5.91 Å². The number of rotatable bonds is 13. The van der Waals surface area contributed by atoms with Crippen LogP contribution in [0, 0.1) is 23.6 Å². The normalized spacial score (nSPS) is 17.5. The molecule has 7 nitrogen and oxygen atoms in total. The zero-order chi connectivity index (χ0) is 35.9. The molecule has 0 radical (unpaired) electrons. The van der Waals surface area contributed by atoms with E-state index < -0.39 is 29.6 Å². The molecule has 1 aliphatic carbocycles. The van der Waals surface area contributed by atoms with Crippen molar-refractivity contribution in [2.24, 2.45) is 23.5 Å². The quantitative estimate of drug-likeness (QED) is 0.145. The van der Waals surface area contributed by atoms with E-state index in [2.05, 4.69) is 17.1 Å². The fourth-order valence-electron chi connectivity index (χ4n) is 7.72. The van der Waals surface area contributed by atoms with Crippen molar-refractivity contribution in [2.45, 2.75) is 70.9 Å². The molecule has 1 heterocycles. The highest BCUT2D eigenvalue weighted by Gasteiger charge is 2.40. The van der Waals surface area contributed by atoms with Crippen LogP contribution < -0.4 is 20.9 Å². The number of amides is 3. The number of anilines is 3. The summed E-state index contributed by atoms with van der Waals surface area (Å²) in [5.41, 5.74) is 10.8. The number of hydrogen-bond acceptors (Lipinski definition) is 4. The van der Waals surface area contributed by atoms with Crippen LogP contribution in [0.1, 0.15) is 63.9 Å². The van der Waals surface area contributed by atoms with Gasteiger partial charge in [0.2, 0.25) is 11.8 Å². The van der Waals surface area contributed by atoms with Crippen molar-refractivity contribution < 1.29 is 18.8 Å². The molecule has 3 N–H and O–H groups in total. The molecule has 1 saturated carbocycles. The van der Waals surface area contributed by atoms with Crippen LogP contribution in [0.2, 0.25) is 5.02 Å². The molecular weight excluding hydrogens is 663 g/mol. The van der Waals surface area contributed by atoms with Gasteiger partial charge in [-0.3, -0.25) is 14.4 Å². The standard InChI is InChI=1S/C42H46ClFN4O3/c1-2-3-18-33(40(45)49)34(24-28-12-7-8-13-28)41(50)46-37-27-47(32-16-5-4-6-17-32)38-19-9-10-20-39(38)48(42(37)51)26-29-14-11-15-30(23-29)31-21-22-36(44)35(43)25-31/h4-6,9-11,14-17,19-23,25,28,33-34,37H,2-3,7-8,12-13,18,24,26-27H2,1H3,(H2,45,49)(H,46,50). The van der Waals surface area contributed by atoms with Gasteiger partial charge >= 0.3 is 0 Å². The lowest BCUT2D eigenvalue weighted by atomic mass is 9.80. The maximum absolute atomic E-state index is 14.8. The van der Waals surface area contributed by atoms with Crippen LogP contribution >= 0.6 is 11.6 Å². The van der Waals surface area contributed by atoms with E-state index in [9.17, 15) is 18.8 Å². The van der Waals surface area contributed by atoms with Crippen LogP contribution in [0.4, 0.5) is 21.5 Å². The number of nitrogens with zero attached hydrogens (tertiary/aromatic N) is 2. The topological polar surface area (TPSA) is 95.7 Å². The Hall–Kier alpha value is -4.69. The van der Waals surface area contributed by atoms with E-state index in [0.29, 0.717) is 24.4 Å². The number of hydrogen-bond donors (Lipinski definition) is 2. The van der Waals surface area contributed by atoms with Gasteiger partial charge in [0, 0.05) is 17.5 Å². The summed E-state index contributed by atoms with van der Waals surface area (Å²) in [6.45, 7) is 2.48. The first-order valence-corrected chi connectivity index (χ1v) is 18.5. The number of halogens is 2. The maximum atomic E-state index is 14.8. The molecule has 0 bridgehead atoms. The Morgan fingerprint density at radius 2 is 1.61 bits per heavy atom. The second-order valence-corrected chi connectivity index (χ2v) is 14.3. The van der Waals surface area contributed by atoms with Crippen LogP contribution in [-0.2, 0) is 20.9 Å². The first-order chi connectivity index (χ1) is 24.7. The van der Waals surface area contributed by atoms with Crippen LogP contribution in [-0.4, -0.2) is 30.3 Å². The molecule has 266 valence electrons. The Bertz CT molecular complexity index is 1850. The summed E-state index contributed by atoms with van der Waals surface area (Å²) in [5.74, 6) is -2.38. The van der Waals surface area contributed by atoms with Crippen LogP contribution in [0.3, 0.4) is 0 Å². The highest BCUT2D eigenvalue weighted by atomic mass is 35.5. The summed E-state index contributed by atoms with van der Waals surface area (Å²) in [6, 6.07) is 29.0. The highest BCUT2D eigenvalue weighted by Crippen LogP contribution is 2.39. The summed E-state index contributed by atoms with van der Waals surface area (Å²) in [7, 11) is 0. The molecule has 1 fully saturated rings. The Balaban J connectivity index is 1.37. The molecule has 0 saturated heterocycles. The molecule has 1 aliphatic heterocycles. The van der Waals surface area contributed by atoms with E-state index >= 15 is 0 Å². The van der Waals surface area contributed by atoms with E-state index in [1.807, 2.05) is 78.9 Å². The number of para-hydroxylation sites is 3. The summed E-state index contributed by atoms with van der Waals surface area (Å²) >= 11 is 6.11.